The number of hydrogen-bond donors (Lipinski definition) is 1. The van der Waals surface area contributed by atoms with Crippen molar-refractivity contribution in [3.05, 3.63) is 36.0 Å². The molecule has 0 bridgehead atoms. The standard InChI is InChI=1S/C12H15N5O2/c1-17-8-15-16-10(17)5-7-14-11-9(12(18)19-2)4-3-6-13-11/h3-4,6,8H,5,7H2,1-2H3,(H,13,14). The van der Waals surface area contributed by atoms with Crippen LogP contribution in [0.2, 0.25) is 0 Å². The average molecular weight is 261 g/mol. The molecular formula is C12H15N5O2. The number of ether oxygens (including phenoxy) is 1. The van der Waals surface area contributed by atoms with E-state index in [1.165, 1.54) is 7.11 Å². The number of pyridine rings is 1. The van der Waals surface area contributed by atoms with Gasteiger partial charge in [-0.15, -0.1) is 10.2 Å². The predicted molar refractivity (Wildman–Crippen MR) is 68.8 cm³/mol. The molecule has 0 unspecified atom stereocenters. The van der Waals surface area contributed by atoms with Gasteiger partial charge >= 0.3 is 5.97 Å². The molecule has 2 heterocycles. The first-order valence-corrected chi connectivity index (χ1v) is 5.82. The van der Waals surface area contributed by atoms with E-state index in [9.17, 15) is 4.79 Å². The summed E-state index contributed by atoms with van der Waals surface area (Å²) in [6.45, 7) is 0.605. The molecule has 2 aromatic heterocycles. The molecule has 0 saturated heterocycles. The zero-order chi connectivity index (χ0) is 13.7. The molecule has 19 heavy (non-hydrogen) atoms. The Morgan fingerprint density at radius 1 is 1.53 bits per heavy atom. The van der Waals surface area contributed by atoms with Gasteiger partial charge in [-0.05, 0) is 12.1 Å². The monoisotopic (exact) mass is 261 g/mol. The first kappa shape index (κ1) is 13.0. The Kier molecular flexibility index (Phi) is 4.07. The van der Waals surface area contributed by atoms with Crippen LogP contribution in [0.4, 0.5) is 5.82 Å². The van der Waals surface area contributed by atoms with Crippen molar-refractivity contribution in [2.45, 2.75) is 6.42 Å². The minimum atomic E-state index is -0.408. The number of nitrogens with one attached hydrogen (secondary N) is 1. The van der Waals surface area contributed by atoms with Gasteiger partial charge in [0, 0.05) is 26.2 Å². The van der Waals surface area contributed by atoms with Gasteiger partial charge in [-0.2, -0.15) is 0 Å². The van der Waals surface area contributed by atoms with Crippen LogP contribution in [0.25, 0.3) is 0 Å². The summed E-state index contributed by atoms with van der Waals surface area (Å²) in [6, 6.07) is 3.36. The van der Waals surface area contributed by atoms with E-state index in [1.807, 2.05) is 11.6 Å². The van der Waals surface area contributed by atoms with Crippen LogP contribution in [-0.2, 0) is 18.2 Å². The number of rotatable bonds is 5. The molecule has 0 fully saturated rings. The van der Waals surface area contributed by atoms with Gasteiger partial charge in [-0.25, -0.2) is 9.78 Å². The third-order valence-corrected chi connectivity index (χ3v) is 2.66. The summed E-state index contributed by atoms with van der Waals surface area (Å²) in [5, 5.41) is 10.9. The van der Waals surface area contributed by atoms with E-state index >= 15 is 0 Å². The number of carbonyl (C=O) groups is 1. The molecule has 0 atom stereocenters. The van der Waals surface area contributed by atoms with Gasteiger partial charge in [0.15, 0.2) is 0 Å². The Morgan fingerprint density at radius 3 is 3.05 bits per heavy atom. The summed E-state index contributed by atoms with van der Waals surface area (Å²) < 4.78 is 6.55. The van der Waals surface area contributed by atoms with Crippen molar-refractivity contribution in [3.8, 4) is 0 Å². The number of aromatic nitrogens is 4. The number of methoxy groups -OCH3 is 1. The highest BCUT2D eigenvalue weighted by Crippen LogP contribution is 2.12. The molecule has 100 valence electrons. The van der Waals surface area contributed by atoms with Crippen molar-refractivity contribution in [2.75, 3.05) is 19.0 Å². The molecule has 2 aromatic rings. The second-order valence-electron chi connectivity index (χ2n) is 3.93. The largest absolute Gasteiger partial charge is 0.465 e. The maximum absolute atomic E-state index is 11.6. The second kappa shape index (κ2) is 5.94. The van der Waals surface area contributed by atoms with Crippen LogP contribution in [0.15, 0.2) is 24.7 Å². The molecule has 7 nitrogen and oxygen atoms in total. The fraction of sp³-hybridized carbons (Fsp3) is 0.333. The summed E-state index contributed by atoms with van der Waals surface area (Å²) in [7, 11) is 3.23. The molecule has 2 rings (SSSR count). The number of carbonyl (C=O) groups excluding carboxylic acids is 1. The van der Waals surface area contributed by atoms with Crippen LogP contribution < -0.4 is 5.32 Å². The number of nitrogens with zero attached hydrogens (tertiary/aromatic N) is 4. The third-order valence-electron chi connectivity index (χ3n) is 2.66. The Labute approximate surface area is 110 Å². The van der Waals surface area contributed by atoms with Crippen molar-refractivity contribution in [2.24, 2.45) is 7.05 Å². The maximum atomic E-state index is 11.6. The van der Waals surface area contributed by atoms with Gasteiger partial charge in [0.05, 0.1) is 7.11 Å². The van der Waals surface area contributed by atoms with E-state index in [4.69, 9.17) is 4.74 Å². The van der Waals surface area contributed by atoms with Crippen LogP contribution in [-0.4, -0.2) is 39.4 Å². The van der Waals surface area contributed by atoms with Gasteiger partial charge < -0.3 is 14.6 Å². The van der Waals surface area contributed by atoms with Gasteiger partial charge in [-0.3, -0.25) is 0 Å². The lowest BCUT2D eigenvalue weighted by Gasteiger charge is -2.08. The van der Waals surface area contributed by atoms with Crippen molar-refractivity contribution in [1.29, 1.82) is 0 Å². The fourth-order valence-corrected chi connectivity index (χ4v) is 1.65. The maximum Gasteiger partial charge on any atom is 0.341 e. The molecule has 7 heteroatoms. The van der Waals surface area contributed by atoms with Gasteiger partial charge in [0.25, 0.3) is 0 Å². The highest BCUT2D eigenvalue weighted by molar-refractivity contribution is 5.94. The van der Waals surface area contributed by atoms with E-state index in [2.05, 4.69) is 20.5 Å². The molecule has 0 radical (unpaired) electrons. The zero-order valence-corrected chi connectivity index (χ0v) is 10.8. The Hall–Kier alpha value is -2.44. The van der Waals surface area contributed by atoms with Crippen molar-refractivity contribution in [3.63, 3.8) is 0 Å². The fourth-order valence-electron chi connectivity index (χ4n) is 1.65. The van der Waals surface area contributed by atoms with E-state index in [0.29, 0.717) is 24.3 Å². The summed E-state index contributed by atoms with van der Waals surface area (Å²) in [4.78, 5) is 15.7. The highest BCUT2D eigenvalue weighted by atomic mass is 16.5. The Bertz CT molecular complexity index is 567. The Morgan fingerprint density at radius 2 is 2.37 bits per heavy atom. The summed E-state index contributed by atoms with van der Waals surface area (Å²) in [5.74, 6) is 0.967. The lowest BCUT2D eigenvalue weighted by Crippen LogP contribution is -2.13. The summed E-state index contributed by atoms with van der Waals surface area (Å²) in [5.41, 5.74) is 0.419. The van der Waals surface area contributed by atoms with E-state index in [-0.39, 0.29) is 0 Å². The van der Waals surface area contributed by atoms with Crippen LogP contribution >= 0.6 is 0 Å². The predicted octanol–water partition coefficient (Wildman–Crippen LogP) is 0.651. The zero-order valence-electron chi connectivity index (χ0n) is 10.8. The van der Waals surface area contributed by atoms with Gasteiger partial charge in [0.1, 0.15) is 23.5 Å². The molecule has 0 saturated carbocycles. The highest BCUT2D eigenvalue weighted by Gasteiger charge is 2.12. The molecule has 0 aromatic carbocycles. The molecule has 1 N–H and O–H groups in total. The molecule has 0 aliphatic heterocycles. The number of aryl methyl sites for hydroxylation is 1. The number of anilines is 1. The number of esters is 1. The quantitative estimate of drug-likeness (QED) is 0.796. The summed E-state index contributed by atoms with van der Waals surface area (Å²) in [6.07, 6.45) is 3.96. The normalized spacial score (nSPS) is 10.2. The topological polar surface area (TPSA) is 81.9 Å². The average Bonchev–Trinajstić information content (AvgIpc) is 2.84. The van der Waals surface area contributed by atoms with Crippen LogP contribution in [0.5, 0.6) is 0 Å². The van der Waals surface area contributed by atoms with E-state index in [1.54, 1.807) is 24.7 Å². The SMILES string of the molecule is COC(=O)c1cccnc1NCCc1nncn1C. The molecule has 0 amide bonds. The van der Waals surface area contributed by atoms with E-state index < -0.39 is 5.97 Å². The van der Waals surface area contributed by atoms with Gasteiger partial charge in [0.2, 0.25) is 0 Å². The molecular weight excluding hydrogens is 246 g/mol. The molecule has 0 spiro atoms. The minimum absolute atomic E-state index is 0.408. The molecule has 0 aliphatic carbocycles. The lowest BCUT2D eigenvalue weighted by atomic mass is 10.2. The second-order valence-corrected chi connectivity index (χ2v) is 3.93. The first-order chi connectivity index (χ1) is 9.22. The first-order valence-electron chi connectivity index (χ1n) is 5.82. The van der Waals surface area contributed by atoms with E-state index in [0.717, 1.165) is 5.82 Å². The smallest absolute Gasteiger partial charge is 0.341 e. The summed E-state index contributed by atoms with van der Waals surface area (Å²) >= 11 is 0. The van der Waals surface area contributed by atoms with Crippen LogP contribution in [0.3, 0.4) is 0 Å². The van der Waals surface area contributed by atoms with Crippen LogP contribution in [0.1, 0.15) is 16.2 Å². The molecule has 0 aliphatic rings. The van der Waals surface area contributed by atoms with Crippen molar-refractivity contribution < 1.29 is 9.53 Å². The number of hydrogen-bond acceptors (Lipinski definition) is 6. The van der Waals surface area contributed by atoms with Crippen molar-refractivity contribution in [1.82, 2.24) is 19.7 Å². The van der Waals surface area contributed by atoms with Crippen molar-refractivity contribution >= 4 is 11.8 Å². The third kappa shape index (κ3) is 3.06. The lowest BCUT2D eigenvalue weighted by molar-refractivity contribution is 0.0601. The Balaban J connectivity index is 2.00. The minimum Gasteiger partial charge on any atom is -0.465 e. The van der Waals surface area contributed by atoms with Gasteiger partial charge in [-0.1, -0.05) is 0 Å². The van der Waals surface area contributed by atoms with Crippen LogP contribution in [0, 0.1) is 0 Å².